The number of carboxylic acids is 1. The lowest BCUT2D eigenvalue weighted by Crippen LogP contribution is -2.49. The summed E-state index contributed by atoms with van der Waals surface area (Å²) in [6.07, 6.45) is 3.51. The Labute approximate surface area is 185 Å². The number of carboxylic acid groups (broad SMARTS) is 1. The molecule has 0 unspecified atom stereocenters. The number of thiophene rings is 1. The van der Waals surface area contributed by atoms with E-state index >= 15 is 0 Å². The quantitative estimate of drug-likeness (QED) is 0.644. The minimum atomic E-state index is -0.898. The van der Waals surface area contributed by atoms with Crippen molar-refractivity contribution < 1.29 is 24.2 Å². The zero-order valence-corrected chi connectivity index (χ0v) is 18.8. The molecule has 31 heavy (non-hydrogen) atoms. The molecule has 3 aliphatic carbocycles. The summed E-state index contributed by atoms with van der Waals surface area (Å²) < 4.78 is 5.03. The molecule has 3 fully saturated rings. The molecule has 0 saturated heterocycles. The molecule has 0 spiro atoms. The number of nitrogens with one attached hydrogen (secondary N) is 1. The number of fused-ring (bicyclic) bond motifs is 3. The molecule has 2 N–H and O–H groups in total. The van der Waals surface area contributed by atoms with E-state index in [0.717, 1.165) is 47.3 Å². The fourth-order valence-electron chi connectivity index (χ4n) is 5.37. The highest BCUT2D eigenvalue weighted by Gasteiger charge is 2.50. The second kappa shape index (κ2) is 8.46. The molecule has 1 aromatic carbocycles. The maximum atomic E-state index is 13.3. The number of hydrogen-bond acceptors (Lipinski definition) is 5. The van der Waals surface area contributed by atoms with Crippen LogP contribution in [0.15, 0.2) is 24.3 Å². The Bertz CT molecular complexity index is 1020. The molecule has 3 aliphatic rings. The SMILES string of the molecule is COC(=O)c1c(NC(=O)[C@H]2C3CCC(CC3)[C@H]2C(=O)O)sc(C)c1-c1ccc(C)cc1. The van der Waals surface area contributed by atoms with E-state index in [9.17, 15) is 19.5 Å². The predicted octanol–water partition coefficient (Wildman–Crippen LogP) is 4.89. The van der Waals surface area contributed by atoms with Gasteiger partial charge in [-0.3, -0.25) is 9.59 Å². The number of ether oxygens (including phenoxy) is 1. The molecule has 2 bridgehead atoms. The molecule has 0 radical (unpaired) electrons. The first kappa shape index (κ1) is 21.6. The van der Waals surface area contributed by atoms with Gasteiger partial charge in [0.25, 0.3) is 0 Å². The van der Waals surface area contributed by atoms with Crippen LogP contribution < -0.4 is 5.32 Å². The minimum absolute atomic E-state index is 0.0477. The monoisotopic (exact) mass is 441 g/mol. The Morgan fingerprint density at radius 3 is 2.13 bits per heavy atom. The van der Waals surface area contributed by atoms with Gasteiger partial charge in [0.15, 0.2) is 0 Å². The van der Waals surface area contributed by atoms with Crippen LogP contribution in [0.2, 0.25) is 0 Å². The standard InChI is InChI=1S/C24H27NO5S/c1-12-4-6-14(7-5-12)17-13(2)31-22(20(17)24(29)30-3)25-21(26)18-15-8-10-16(11-9-15)19(18)23(27)28/h4-7,15-16,18-19H,8-11H2,1-3H3,(H,25,26)(H,27,28)/t15?,16?,18-,19+/m0/s1. The fourth-order valence-corrected chi connectivity index (χ4v) is 6.44. The zero-order valence-electron chi connectivity index (χ0n) is 17.9. The maximum absolute atomic E-state index is 13.3. The third kappa shape index (κ3) is 3.87. The molecule has 2 aromatic rings. The van der Waals surface area contributed by atoms with Gasteiger partial charge >= 0.3 is 11.9 Å². The van der Waals surface area contributed by atoms with Crippen molar-refractivity contribution in [2.75, 3.05) is 12.4 Å². The fraction of sp³-hybridized carbons (Fsp3) is 0.458. The van der Waals surface area contributed by atoms with Crippen molar-refractivity contribution in [3.8, 4) is 11.1 Å². The predicted molar refractivity (Wildman–Crippen MR) is 119 cm³/mol. The van der Waals surface area contributed by atoms with Crippen LogP contribution in [-0.2, 0) is 14.3 Å². The van der Waals surface area contributed by atoms with Crippen molar-refractivity contribution in [3.63, 3.8) is 0 Å². The largest absolute Gasteiger partial charge is 0.481 e. The summed E-state index contributed by atoms with van der Waals surface area (Å²) in [6, 6.07) is 7.84. The van der Waals surface area contributed by atoms with Gasteiger partial charge in [0.2, 0.25) is 5.91 Å². The van der Waals surface area contributed by atoms with Crippen molar-refractivity contribution in [2.24, 2.45) is 23.7 Å². The summed E-state index contributed by atoms with van der Waals surface area (Å²) >= 11 is 1.33. The van der Waals surface area contributed by atoms with Crippen LogP contribution in [0, 0.1) is 37.5 Å². The number of aliphatic carboxylic acids is 1. The number of aryl methyl sites for hydroxylation is 2. The number of rotatable bonds is 5. The van der Waals surface area contributed by atoms with E-state index in [4.69, 9.17) is 4.74 Å². The van der Waals surface area contributed by atoms with Gasteiger partial charge in [0, 0.05) is 10.4 Å². The number of methoxy groups -OCH3 is 1. The van der Waals surface area contributed by atoms with Crippen LogP contribution in [0.1, 0.15) is 46.5 Å². The van der Waals surface area contributed by atoms with Crippen LogP contribution in [0.4, 0.5) is 5.00 Å². The molecule has 3 saturated carbocycles. The zero-order chi connectivity index (χ0) is 22.3. The van der Waals surface area contributed by atoms with E-state index in [1.165, 1.54) is 18.4 Å². The van der Waals surface area contributed by atoms with Crippen molar-refractivity contribution >= 4 is 34.2 Å². The molecule has 1 heterocycles. The first-order valence-corrected chi connectivity index (χ1v) is 11.5. The van der Waals surface area contributed by atoms with E-state index < -0.39 is 23.8 Å². The number of benzene rings is 1. The summed E-state index contributed by atoms with van der Waals surface area (Å²) in [5.41, 5.74) is 3.05. The average molecular weight is 442 g/mol. The number of hydrogen-bond donors (Lipinski definition) is 2. The molecule has 7 heteroatoms. The summed E-state index contributed by atoms with van der Waals surface area (Å²) in [7, 11) is 1.32. The minimum Gasteiger partial charge on any atom is -0.481 e. The Kier molecular flexibility index (Phi) is 5.88. The second-order valence-corrected chi connectivity index (χ2v) is 9.87. The van der Waals surface area contributed by atoms with E-state index in [0.29, 0.717) is 10.6 Å². The lowest BCUT2D eigenvalue weighted by atomic mass is 9.58. The van der Waals surface area contributed by atoms with Crippen LogP contribution in [0.5, 0.6) is 0 Å². The number of esters is 1. The summed E-state index contributed by atoms with van der Waals surface area (Å²) in [5.74, 6) is -2.83. The van der Waals surface area contributed by atoms with Gasteiger partial charge in [0.05, 0.1) is 18.9 Å². The highest BCUT2D eigenvalue weighted by Crippen LogP contribution is 2.50. The van der Waals surface area contributed by atoms with E-state index in [2.05, 4.69) is 5.32 Å². The highest BCUT2D eigenvalue weighted by molar-refractivity contribution is 7.17. The second-order valence-electron chi connectivity index (χ2n) is 8.65. The number of carbonyl (C=O) groups excluding carboxylic acids is 2. The molecule has 5 rings (SSSR count). The van der Waals surface area contributed by atoms with Crippen LogP contribution in [0.25, 0.3) is 11.1 Å². The Morgan fingerprint density at radius 1 is 1.00 bits per heavy atom. The Hall–Kier alpha value is -2.67. The van der Waals surface area contributed by atoms with Gasteiger partial charge in [-0.05, 0) is 56.9 Å². The van der Waals surface area contributed by atoms with E-state index in [1.54, 1.807) is 0 Å². The summed E-state index contributed by atoms with van der Waals surface area (Å²) in [4.78, 5) is 38.9. The lowest BCUT2D eigenvalue weighted by molar-refractivity contribution is -0.156. The van der Waals surface area contributed by atoms with Crippen LogP contribution in [0.3, 0.4) is 0 Å². The number of amides is 1. The van der Waals surface area contributed by atoms with E-state index in [1.807, 2.05) is 38.1 Å². The van der Waals surface area contributed by atoms with Gasteiger partial charge in [0.1, 0.15) is 10.6 Å². The molecule has 2 atom stereocenters. The van der Waals surface area contributed by atoms with Gasteiger partial charge in [-0.15, -0.1) is 11.3 Å². The van der Waals surface area contributed by atoms with Crippen molar-refractivity contribution in [1.82, 2.24) is 0 Å². The van der Waals surface area contributed by atoms with Gasteiger partial charge in [-0.2, -0.15) is 0 Å². The smallest absolute Gasteiger partial charge is 0.341 e. The summed E-state index contributed by atoms with van der Waals surface area (Å²) in [5, 5.41) is 13.1. The Morgan fingerprint density at radius 2 is 1.58 bits per heavy atom. The van der Waals surface area contributed by atoms with Gasteiger partial charge in [-0.1, -0.05) is 29.8 Å². The molecule has 1 amide bonds. The first-order chi connectivity index (χ1) is 14.8. The third-order valence-electron chi connectivity index (χ3n) is 6.86. The highest BCUT2D eigenvalue weighted by atomic mass is 32.1. The number of carbonyl (C=O) groups is 3. The van der Waals surface area contributed by atoms with Gasteiger partial charge < -0.3 is 15.2 Å². The van der Waals surface area contributed by atoms with Crippen molar-refractivity contribution in [1.29, 1.82) is 0 Å². The Balaban J connectivity index is 1.70. The lowest BCUT2D eigenvalue weighted by Gasteiger charge is -2.45. The average Bonchev–Trinajstić information content (AvgIpc) is 3.09. The third-order valence-corrected chi connectivity index (χ3v) is 7.88. The molecule has 1 aromatic heterocycles. The van der Waals surface area contributed by atoms with Crippen LogP contribution in [-0.4, -0.2) is 30.1 Å². The molecular weight excluding hydrogens is 414 g/mol. The number of anilines is 1. The van der Waals surface area contributed by atoms with Crippen molar-refractivity contribution in [2.45, 2.75) is 39.5 Å². The van der Waals surface area contributed by atoms with Crippen LogP contribution >= 0.6 is 11.3 Å². The summed E-state index contributed by atoms with van der Waals surface area (Å²) in [6.45, 7) is 3.90. The maximum Gasteiger partial charge on any atom is 0.341 e. The van der Waals surface area contributed by atoms with Gasteiger partial charge in [-0.25, -0.2) is 4.79 Å². The molecule has 0 aliphatic heterocycles. The van der Waals surface area contributed by atoms with E-state index in [-0.39, 0.29) is 17.7 Å². The molecule has 6 nitrogen and oxygen atoms in total. The normalized spacial score (nSPS) is 24.6. The first-order valence-electron chi connectivity index (χ1n) is 10.6. The molecular formula is C24H27NO5S. The molecule has 164 valence electrons. The van der Waals surface area contributed by atoms with Crippen molar-refractivity contribution in [3.05, 3.63) is 40.3 Å². The topological polar surface area (TPSA) is 92.7 Å².